The second kappa shape index (κ2) is 4.82. The van der Waals surface area contributed by atoms with Crippen LogP contribution in [-0.4, -0.2) is 30.1 Å². The van der Waals surface area contributed by atoms with Gasteiger partial charge < -0.3 is 10.0 Å². The third-order valence-electron chi connectivity index (χ3n) is 5.45. The van der Waals surface area contributed by atoms with E-state index >= 15 is 0 Å². The molecule has 1 N–H and O–H groups in total. The third kappa shape index (κ3) is 1.98. The van der Waals surface area contributed by atoms with E-state index in [1.807, 2.05) is 0 Å². The topological polar surface area (TPSA) is 23.5 Å². The van der Waals surface area contributed by atoms with Crippen LogP contribution in [-0.2, 0) is 12.0 Å². The van der Waals surface area contributed by atoms with Crippen molar-refractivity contribution < 1.29 is 5.11 Å². The van der Waals surface area contributed by atoms with Crippen LogP contribution in [0.4, 0.5) is 0 Å². The lowest BCUT2D eigenvalue weighted by molar-refractivity contribution is -0.122. The van der Waals surface area contributed by atoms with E-state index in [9.17, 15) is 5.11 Å². The highest BCUT2D eigenvalue weighted by Crippen LogP contribution is 2.57. The third-order valence-corrected chi connectivity index (χ3v) is 6.12. The Kier molecular flexibility index (Phi) is 3.51. The van der Waals surface area contributed by atoms with Gasteiger partial charge in [-0.05, 0) is 56.9 Å². The van der Waals surface area contributed by atoms with Crippen LogP contribution in [0.15, 0.2) is 22.7 Å². The van der Waals surface area contributed by atoms with E-state index in [1.165, 1.54) is 5.56 Å². The average molecular weight is 338 g/mol. The summed E-state index contributed by atoms with van der Waals surface area (Å²) in [5.74, 6) is 0.355. The molecule has 0 aromatic heterocycles. The predicted octanol–water partition coefficient (Wildman–Crippen LogP) is 3.56. The molecule has 2 nitrogen and oxygen atoms in total. The Morgan fingerprint density at radius 3 is 2.55 bits per heavy atom. The van der Waals surface area contributed by atoms with Gasteiger partial charge in [-0.2, -0.15) is 0 Å². The number of rotatable bonds is 1. The number of aliphatic hydroxyl groups is 1. The summed E-state index contributed by atoms with van der Waals surface area (Å²) in [5, 5.41) is 11.7. The minimum absolute atomic E-state index is 0.0974. The van der Waals surface area contributed by atoms with Crippen LogP contribution in [0.1, 0.15) is 37.8 Å². The van der Waals surface area contributed by atoms with Crippen LogP contribution in [0.25, 0.3) is 0 Å². The SMILES string of the molecule is CN1CCC(C2(O)c3c(Br)cccc3CC2(C)C)CC1. The van der Waals surface area contributed by atoms with Crippen molar-refractivity contribution in [2.24, 2.45) is 11.3 Å². The van der Waals surface area contributed by atoms with Gasteiger partial charge in [0.1, 0.15) is 0 Å². The summed E-state index contributed by atoms with van der Waals surface area (Å²) in [7, 11) is 2.17. The lowest BCUT2D eigenvalue weighted by atomic mass is 9.65. The van der Waals surface area contributed by atoms with Crippen molar-refractivity contribution in [3.05, 3.63) is 33.8 Å². The molecule has 1 aromatic carbocycles. The maximum Gasteiger partial charge on any atom is 0.0992 e. The second-order valence-corrected chi connectivity index (χ2v) is 8.03. The van der Waals surface area contributed by atoms with Crippen LogP contribution in [0, 0.1) is 11.3 Å². The second-order valence-electron chi connectivity index (χ2n) is 7.18. The molecule has 1 aliphatic heterocycles. The van der Waals surface area contributed by atoms with E-state index in [2.05, 4.69) is 59.9 Å². The molecule has 0 bridgehead atoms. The van der Waals surface area contributed by atoms with Gasteiger partial charge in [-0.1, -0.05) is 41.9 Å². The fourth-order valence-corrected chi connectivity index (χ4v) is 4.98. The number of piperidine rings is 1. The summed E-state index contributed by atoms with van der Waals surface area (Å²) in [5.41, 5.74) is 1.66. The zero-order valence-electron chi connectivity index (χ0n) is 12.6. The Morgan fingerprint density at radius 1 is 1.25 bits per heavy atom. The van der Waals surface area contributed by atoms with Gasteiger partial charge in [0.15, 0.2) is 0 Å². The fourth-order valence-electron chi connectivity index (χ4n) is 4.28. The summed E-state index contributed by atoms with van der Waals surface area (Å²) < 4.78 is 1.07. The molecule has 0 amide bonds. The van der Waals surface area contributed by atoms with E-state index < -0.39 is 5.60 Å². The summed E-state index contributed by atoms with van der Waals surface area (Å²) >= 11 is 3.68. The zero-order valence-corrected chi connectivity index (χ0v) is 14.2. The monoisotopic (exact) mass is 337 g/mol. The highest BCUT2D eigenvalue weighted by Gasteiger charge is 2.56. The molecule has 0 radical (unpaired) electrons. The molecular weight excluding hydrogens is 314 g/mol. The van der Waals surface area contributed by atoms with E-state index in [0.717, 1.165) is 42.4 Å². The molecule has 1 atom stereocenters. The van der Waals surface area contributed by atoms with Gasteiger partial charge in [-0.25, -0.2) is 0 Å². The van der Waals surface area contributed by atoms with Crippen molar-refractivity contribution in [2.45, 2.75) is 38.7 Å². The molecular formula is C17H24BrNO. The minimum atomic E-state index is -0.705. The van der Waals surface area contributed by atoms with Gasteiger partial charge in [0.2, 0.25) is 0 Å². The number of nitrogens with zero attached hydrogens (tertiary/aromatic N) is 1. The molecule has 3 rings (SSSR count). The van der Waals surface area contributed by atoms with Gasteiger partial charge in [-0.15, -0.1) is 0 Å². The zero-order chi connectivity index (χ0) is 14.5. The van der Waals surface area contributed by atoms with E-state index in [4.69, 9.17) is 0 Å². The lowest BCUT2D eigenvalue weighted by Gasteiger charge is -2.46. The maximum atomic E-state index is 11.7. The molecule has 1 aliphatic carbocycles. The first kappa shape index (κ1) is 14.6. The van der Waals surface area contributed by atoms with E-state index in [1.54, 1.807) is 0 Å². The van der Waals surface area contributed by atoms with Crippen LogP contribution in [0.5, 0.6) is 0 Å². The van der Waals surface area contributed by atoms with Crippen LogP contribution >= 0.6 is 15.9 Å². The highest BCUT2D eigenvalue weighted by atomic mass is 79.9. The first-order valence-electron chi connectivity index (χ1n) is 7.55. The minimum Gasteiger partial charge on any atom is -0.384 e. The first-order valence-corrected chi connectivity index (χ1v) is 8.34. The number of halogens is 1. The van der Waals surface area contributed by atoms with Gasteiger partial charge in [0.05, 0.1) is 5.60 Å². The molecule has 1 aromatic rings. The first-order chi connectivity index (χ1) is 9.36. The van der Waals surface area contributed by atoms with Crippen molar-refractivity contribution >= 4 is 15.9 Å². The van der Waals surface area contributed by atoms with Crippen LogP contribution in [0.3, 0.4) is 0 Å². The molecule has 2 aliphatic rings. The quantitative estimate of drug-likeness (QED) is 0.846. The number of hydrogen-bond acceptors (Lipinski definition) is 2. The standard InChI is InChI=1S/C17H24BrNO/c1-16(2)11-12-5-4-6-14(18)15(12)17(16,20)13-7-9-19(3)10-8-13/h4-6,13,20H,7-11H2,1-3H3. The normalized spacial score (nSPS) is 30.4. The Bertz CT molecular complexity index is 520. The molecule has 1 fully saturated rings. The van der Waals surface area contributed by atoms with Crippen molar-refractivity contribution in [1.82, 2.24) is 4.90 Å². The van der Waals surface area contributed by atoms with Crippen LogP contribution < -0.4 is 0 Å². The Morgan fingerprint density at radius 2 is 1.90 bits per heavy atom. The number of hydrogen-bond donors (Lipinski definition) is 1. The molecule has 20 heavy (non-hydrogen) atoms. The van der Waals surface area contributed by atoms with Crippen molar-refractivity contribution in [1.29, 1.82) is 0 Å². The molecule has 110 valence electrons. The molecule has 1 unspecified atom stereocenters. The smallest absolute Gasteiger partial charge is 0.0992 e. The summed E-state index contributed by atoms with van der Waals surface area (Å²) in [4.78, 5) is 2.36. The Hall–Kier alpha value is -0.380. The highest BCUT2D eigenvalue weighted by molar-refractivity contribution is 9.10. The lowest BCUT2D eigenvalue weighted by Crippen LogP contribution is -2.49. The van der Waals surface area contributed by atoms with Gasteiger partial charge in [0.25, 0.3) is 0 Å². The van der Waals surface area contributed by atoms with E-state index in [0.29, 0.717) is 5.92 Å². The number of fused-ring (bicyclic) bond motifs is 1. The summed E-state index contributed by atoms with van der Waals surface area (Å²) in [6, 6.07) is 6.33. The summed E-state index contributed by atoms with van der Waals surface area (Å²) in [6.07, 6.45) is 3.12. The van der Waals surface area contributed by atoms with Crippen molar-refractivity contribution in [2.75, 3.05) is 20.1 Å². The van der Waals surface area contributed by atoms with Gasteiger partial charge in [-0.3, -0.25) is 0 Å². The largest absolute Gasteiger partial charge is 0.384 e. The van der Waals surface area contributed by atoms with Crippen molar-refractivity contribution in [3.8, 4) is 0 Å². The average Bonchev–Trinajstić information content (AvgIpc) is 2.59. The molecule has 3 heteroatoms. The Labute approximate surface area is 130 Å². The molecule has 0 spiro atoms. The van der Waals surface area contributed by atoms with Crippen molar-refractivity contribution in [3.63, 3.8) is 0 Å². The Balaban J connectivity index is 2.07. The number of benzene rings is 1. The van der Waals surface area contributed by atoms with Crippen LogP contribution in [0.2, 0.25) is 0 Å². The maximum absolute atomic E-state index is 11.7. The molecule has 0 saturated carbocycles. The molecule has 1 heterocycles. The fraction of sp³-hybridized carbons (Fsp3) is 0.647. The van der Waals surface area contributed by atoms with E-state index in [-0.39, 0.29) is 5.41 Å². The van der Waals surface area contributed by atoms with Gasteiger partial charge >= 0.3 is 0 Å². The number of likely N-dealkylation sites (tertiary alicyclic amines) is 1. The predicted molar refractivity (Wildman–Crippen MR) is 85.7 cm³/mol. The van der Waals surface area contributed by atoms with Gasteiger partial charge in [0, 0.05) is 15.5 Å². The summed E-state index contributed by atoms with van der Waals surface area (Å²) in [6.45, 7) is 6.61. The molecule has 1 saturated heterocycles.